The van der Waals surface area contributed by atoms with Gasteiger partial charge in [-0.2, -0.15) is 0 Å². The molecule has 3 saturated carbocycles. The molecule has 0 N–H and O–H groups in total. The number of halogens is 1. The fourth-order valence-corrected chi connectivity index (χ4v) is 7.97. The van der Waals surface area contributed by atoms with Crippen LogP contribution in [0.3, 0.4) is 0 Å². The van der Waals surface area contributed by atoms with E-state index < -0.39 is 5.67 Å². The molecule has 3 spiro atoms. The molecule has 3 heterocycles. The normalized spacial score (nSPS) is 35.3. The van der Waals surface area contributed by atoms with Crippen LogP contribution < -0.4 is 0 Å². The second-order valence-corrected chi connectivity index (χ2v) is 17.9. The van der Waals surface area contributed by atoms with Crippen LogP contribution in [0.15, 0.2) is 0 Å². The van der Waals surface area contributed by atoms with Crippen molar-refractivity contribution in [1.82, 2.24) is 14.7 Å². The van der Waals surface area contributed by atoms with Gasteiger partial charge >= 0.3 is 0 Å². The largest absolute Gasteiger partial charge is 0.297 e. The van der Waals surface area contributed by atoms with E-state index >= 15 is 0 Å². The lowest BCUT2D eigenvalue weighted by Gasteiger charge is -2.65. The minimum Gasteiger partial charge on any atom is -0.297 e. The summed E-state index contributed by atoms with van der Waals surface area (Å²) in [5.74, 6) is 2.04. The Morgan fingerprint density at radius 2 is 1.05 bits per heavy atom. The molecule has 3 aliphatic heterocycles. The highest BCUT2D eigenvalue weighted by molar-refractivity contribution is 5.15. The summed E-state index contributed by atoms with van der Waals surface area (Å²) in [4.78, 5) is 7.63. The quantitative estimate of drug-likeness (QED) is 0.338. The Hall–Kier alpha value is -0.190. The van der Waals surface area contributed by atoms with Crippen molar-refractivity contribution in [3.63, 3.8) is 0 Å². The van der Waals surface area contributed by atoms with Crippen LogP contribution in [0.5, 0.6) is 0 Å². The zero-order valence-corrected chi connectivity index (χ0v) is 27.6. The summed E-state index contributed by atoms with van der Waals surface area (Å²) in [5, 5.41) is 0. The number of likely N-dealkylation sites (tertiary alicyclic amines) is 3. The molecule has 0 aromatic carbocycles. The first-order chi connectivity index (χ1) is 17.2. The highest BCUT2D eigenvalue weighted by Crippen LogP contribution is 2.59. The van der Waals surface area contributed by atoms with Gasteiger partial charge in [-0.25, -0.2) is 4.39 Å². The average Bonchev–Trinajstić information content (AvgIpc) is 2.60. The lowest BCUT2D eigenvalue weighted by Crippen LogP contribution is -2.73. The summed E-state index contributed by atoms with van der Waals surface area (Å²) in [5.41, 5.74) is 1.70. The zero-order valence-electron chi connectivity index (χ0n) is 27.6. The van der Waals surface area contributed by atoms with Crippen LogP contribution in [0.4, 0.5) is 4.39 Å². The van der Waals surface area contributed by atoms with Crippen molar-refractivity contribution in [3.8, 4) is 0 Å². The standard InChI is InChI=1S/C12H23N.C11H20FN.C11H21N/c1-5-10-6-7-12(10)8-13(9-12)11(2,3)4;1-9(2,3)13-7-11(8-13)6-5-10(11,4)12;1-9-5-6-11(9)7-12(8-11)10(2,3)4/h10H,5-9H2,1-4H3;5-8H2,1-4H3;9H,5-8H2,1-4H3. The number of nitrogens with zero attached hydrogens (tertiary/aromatic N) is 3. The van der Waals surface area contributed by atoms with Gasteiger partial charge in [0.15, 0.2) is 0 Å². The van der Waals surface area contributed by atoms with E-state index in [-0.39, 0.29) is 11.0 Å². The van der Waals surface area contributed by atoms with Crippen LogP contribution in [0.2, 0.25) is 0 Å². The maximum Gasteiger partial charge on any atom is 0.116 e. The van der Waals surface area contributed by atoms with Gasteiger partial charge in [-0.1, -0.05) is 20.3 Å². The van der Waals surface area contributed by atoms with Crippen molar-refractivity contribution < 1.29 is 4.39 Å². The lowest BCUT2D eigenvalue weighted by atomic mass is 9.54. The third-order valence-corrected chi connectivity index (χ3v) is 12.5. The van der Waals surface area contributed by atoms with Crippen LogP contribution in [0.1, 0.15) is 128 Å². The van der Waals surface area contributed by atoms with Gasteiger partial charge in [0, 0.05) is 61.3 Å². The molecule has 3 aliphatic carbocycles. The number of alkyl halides is 1. The molecule has 3 unspecified atom stereocenters. The Balaban J connectivity index is 0.000000133. The van der Waals surface area contributed by atoms with Gasteiger partial charge in [-0.3, -0.25) is 14.7 Å². The van der Waals surface area contributed by atoms with Crippen molar-refractivity contribution in [2.75, 3.05) is 39.3 Å². The fraction of sp³-hybridized carbons (Fsp3) is 1.00. The molecule has 3 nitrogen and oxygen atoms in total. The maximum atomic E-state index is 13.8. The Kier molecular flexibility index (Phi) is 7.84. The van der Waals surface area contributed by atoms with Crippen LogP contribution in [-0.2, 0) is 0 Å². The van der Waals surface area contributed by atoms with Gasteiger partial charge in [0.05, 0.1) is 0 Å². The molecule has 4 heteroatoms. The molecule has 6 rings (SSSR count). The maximum absolute atomic E-state index is 13.8. The first-order valence-corrected chi connectivity index (χ1v) is 16.1. The highest BCUT2D eigenvalue weighted by atomic mass is 19.1. The summed E-state index contributed by atoms with van der Waals surface area (Å²) in [7, 11) is 0. The molecule has 0 bridgehead atoms. The molecular weight excluding hydrogens is 469 g/mol. The first kappa shape index (κ1) is 30.8. The molecule has 222 valence electrons. The smallest absolute Gasteiger partial charge is 0.116 e. The molecule has 3 saturated heterocycles. The minimum absolute atomic E-state index is 0.0281. The molecule has 6 aliphatic rings. The molecule has 0 aromatic rings. The Bertz CT molecular complexity index is 821. The van der Waals surface area contributed by atoms with Crippen LogP contribution >= 0.6 is 0 Å². The number of rotatable bonds is 1. The summed E-state index contributed by atoms with van der Waals surface area (Å²) in [6, 6.07) is 0. The summed E-state index contributed by atoms with van der Waals surface area (Å²) >= 11 is 0. The van der Waals surface area contributed by atoms with Crippen molar-refractivity contribution >= 4 is 0 Å². The molecule has 0 radical (unpaired) electrons. The van der Waals surface area contributed by atoms with Crippen LogP contribution in [0, 0.1) is 28.1 Å². The first-order valence-electron chi connectivity index (χ1n) is 16.1. The highest BCUT2D eigenvalue weighted by Gasteiger charge is 2.64. The lowest BCUT2D eigenvalue weighted by molar-refractivity contribution is -0.202. The van der Waals surface area contributed by atoms with Crippen LogP contribution in [0.25, 0.3) is 0 Å². The molecule has 6 fully saturated rings. The third kappa shape index (κ3) is 5.38. The molecule has 0 amide bonds. The predicted molar refractivity (Wildman–Crippen MR) is 161 cm³/mol. The third-order valence-electron chi connectivity index (χ3n) is 12.5. The van der Waals surface area contributed by atoms with E-state index in [1.54, 1.807) is 6.92 Å². The van der Waals surface area contributed by atoms with Gasteiger partial charge in [0.2, 0.25) is 0 Å². The monoisotopic (exact) mass is 534 g/mol. The number of hydrogen-bond acceptors (Lipinski definition) is 3. The minimum atomic E-state index is -0.880. The van der Waals surface area contributed by atoms with E-state index in [0.717, 1.165) is 48.6 Å². The van der Waals surface area contributed by atoms with E-state index in [0.29, 0.717) is 11.1 Å². The summed E-state index contributed by atoms with van der Waals surface area (Å²) in [6.07, 6.45) is 9.21. The van der Waals surface area contributed by atoms with Gasteiger partial charge < -0.3 is 0 Å². The van der Waals surface area contributed by atoms with E-state index in [4.69, 9.17) is 0 Å². The predicted octanol–water partition coefficient (Wildman–Crippen LogP) is 8.03. The van der Waals surface area contributed by atoms with Gasteiger partial charge in [0.25, 0.3) is 0 Å². The SMILES string of the molecule is CC(C)(C)N1CC2(CCC2(C)F)C1.CC1CCC12CN(C(C)(C)C)C2.CCC1CCC12CN(C(C)(C)C)C2. The van der Waals surface area contributed by atoms with Gasteiger partial charge in [-0.05, 0) is 130 Å². The van der Waals surface area contributed by atoms with Crippen molar-refractivity contribution in [3.05, 3.63) is 0 Å². The van der Waals surface area contributed by atoms with Gasteiger partial charge in [-0.15, -0.1) is 0 Å². The molecule has 3 atom stereocenters. The van der Waals surface area contributed by atoms with E-state index in [2.05, 4.69) is 90.9 Å². The second-order valence-electron chi connectivity index (χ2n) is 17.9. The summed E-state index contributed by atoms with van der Waals surface area (Å²) < 4.78 is 13.8. The van der Waals surface area contributed by atoms with E-state index in [1.807, 2.05) is 0 Å². The molecule has 38 heavy (non-hydrogen) atoms. The molecular formula is C34H64FN3. The summed E-state index contributed by atoms with van der Waals surface area (Å²) in [6.45, 7) is 34.5. The topological polar surface area (TPSA) is 9.72 Å². The van der Waals surface area contributed by atoms with E-state index in [9.17, 15) is 4.39 Å². The Morgan fingerprint density at radius 1 is 0.632 bits per heavy atom. The van der Waals surface area contributed by atoms with Crippen molar-refractivity contribution in [1.29, 1.82) is 0 Å². The van der Waals surface area contributed by atoms with Gasteiger partial charge in [0.1, 0.15) is 5.67 Å². The zero-order chi connectivity index (χ0) is 28.6. The average molecular weight is 534 g/mol. The second kappa shape index (κ2) is 9.69. The Morgan fingerprint density at radius 3 is 1.29 bits per heavy atom. The number of hydrogen-bond donors (Lipinski definition) is 0. The van der Waals surface area contributed by atoms with Crippen molar-refractivity contribution in [2.24, 2.45) is 28.1 Å². The van der Waals surface area contributed by atoms with Crippen LogP contribution in [-0.4, -0.2) is 76.3 Å². The van der Waals surface area contributed by atoms with Crippen molar-refractivity contribution in [2.45, 2.75) is 150 Å². The van der Waals surface area contributed by atoms with E-state index in [1.165, 1.54) is 58.3 Å². The Labute approximate surface area is 236 Å². The fourth-order valence-electron chi connectivity index (χ4n) is 7.97. The molecule has 0 aromatic heterocycles.